The lowest BCUT2D eigenvalue weighted by Gasteiger charge is -2.28. The molecular weight excluding hydrogens is 254 g/mol. The lowest BCUT2D eigenvalue weighted by atomic mass is 10.1. The molecule has 1 fully saturated rings. The van der Waals surface area contributed by atoms with Crippen molar-refractivity contribution < 1.29 is 9.53 Å². The molecular formula is C15H23N3O2. The maximum absolute atomic E-state index is 11.9. The Hall–Kier alpha value is -1.59. The van der Waals surface area contributed by atoms with Crippen LogP contribution in [0.5, 0.6) is 5.75 Å². The van der Waals surface area contributed by atoms with E-state index >= 15 is 0 Å². The molecule has 0 radical (unpaired) electrons. The van der Waals surface area contributed by atoms with E-state index in [9.17, 15) is 4.79 Å². The largest absolute Gasteiger partial charge is 0.492 e. The van der Waals surface area contributed by atoms with Gasteiger partial charge in [-0.3, -0.25) is 4.79 Å². The minimum absolute atomic E-state index is 0.0252. The van der Waals surface area contributed by atoms with E-state index in [0.29, 0.717) is 25.7 Å². The van der Waals surface area contributed by atoms with Gasteiger partial charge in [-0.15, -0.1) is 0 Å². The molecule has 2 rings (SSSR count). The Kier molecular flexibility index (Phi) is 5.38. The number of piperazine rings is 1. The quantitative estimate of drug-likeness (QED) is 0.684. The molecule has 0 aliphatic carbocycles. The highest BCUT2D eigenvalue weighted by Crippen LogP contribution is 2.11. The Morgan fingerprint density at radius 1 is 1.40 bits per heavy atom. The number of carbonyl (C=O) groups excluding carboxylic acids is 1. The topological polar surface area (TPSA) is 62.4 Å². The number of benzene rings is 1. The SMILES string of the molecule is Cc1cccc(OCCNC(=O)C2CNC(C)CN2)c1. The summed E-state index contributed by atoms with van der Waals surface area (Å²) in [4.78, 5) is 11.9. The minimum atomic E-state index is -0.148. The van der Waals surface area contributed by atoms with Gasteiger partial charge in [0.15, 0.2) is 0 Å². The van der Waals surface area contributed by atoms with Gasteiger partial charge >= 0.3 is 0 Å². The monoisotopic (exact) mass is 277 g/mol. The van der Waals surface area contributed by atoms with Crippen molar-refractivity contribution >= 4 is 5.91 Å². The highest BCUT2D eigenvalue weighted by Gasteiger charge is 2.22. The maximum Gasteiger partial charge on any atom is 0.238 e. The van der Waals surface area contributed by atoms with E-state index in [1.807, 2.05) is 31.2 Å². The molecule has 3 N–H and O–H groups in total. The van der Waals surface area contributed by atoms with Crippen LogP contribution in [0.25, 0.3) is 0 Å². The Bertz CT molecular complexity index is 442. The first-order valence-corrected chi connectivity index (χ1v) is 7.09. The lowest BCUT2D eigenvalue weighted by Crippen LogP contribution is -2.59. The molecule has 1 aliphatic rings. The van der Waals surface area contributed by atoms with Crippen LogP contribution >= 0.6 is 0 Å². The van der Waals surface area contributed by atoms with Gasteiger partial charge in [0, 0.05) is 19.1 Å². The molecule has 1 aliphatic heterocycles. The molecule has 20 heavy (non-hydrogen) atoms. The van der Waals surface area contributed by atoms with Crippen molar-refractivity contribution in [2.75, 3.05) is 26.2 Å². The molecule has 1 aromatic rings. The van der Waals surface area contributed by atoms with E-state index in [-0.39, 0.29) is 11.9 Å². The molecule has 0 spiro atoms. The summed E-state index contributed by atoms with van der Waals surface area (Å²) < 4.78 is 5.59. The predicted molar refractivity (Wildman–Crippen MR) is 78.9 cm³/mol. The summed E-state index contributed by atoms with van der Waals surface area (Å²) in [5.41, 5.74) is 1.16. The highest BCUT2D eigenvalue weighted by molar-refractivity contribution is 5.82. The van der Waals surface area contributed by atoms with Crippen molar-refractivity contribution in [1.82, 2.24) is 16.0 Å². The average Bonchev–Trinajstić information content (AvgIpc) is 2.44. The minimum Gasteiger partial charge on any atom is -0.492 e. The summed E-state index contributed by atoms with van der Waals surface area (Å²) in [5.74, 6) is 0.864. The van der Waals surface area contributed by atoms with Crippen LogP contribution in [0.1, 0.15) is 12.5 Å². The van der Waals surface area contributed by atoms with Crippen LogP contribution in [0.3, 0.4) is 0 Å². The molecule has 1 aromatic carbocycles. The van der Waals surface area contributed by atoms with E-state index in [0.717, 1.165) is 17.9 Å². The first-order valence-electron chi connectivity index (χ1n) is 7.09. The second kappa shape index (κ2) is 7.26. The van der Waals surface area contributed by atoms with Crippen molar-refractivity contribution in [3.63, 3.8) is 0 Å². The number of hydrogen-bond acceptors (Lipinski definition) is 4. The van der Waals surface area contributed by atoms with E-state index in [4.69, 9.17) is 4.74 Å². The van der Waals surface area contributed by atoms with Crippen LogP contribution in [-0.2, 0) is 4.79 Å². The zero-order valence-corrected chi connectivity index (χ0v) is 12.1. The van der Waals surface area contributed by atoms with E-state index in [2.05, 4.69) is 22.9 Å². The molecule has 1 heterocycles. The molecule has 5 heteroatoms. The van der Waals surface area contributed by atoms with Gasteiger partial charge < -0.3 is 20.7 Å². The summed E-state index contributed by atoms with van der Waals surface area (Å²) in [5, 5.41) is 9.39. The first-order chi connectivity index (χ1) is 9.65. The number of carbonyl (C=O) groups is 1. The van der Waals surface area contributed by atoms with Gasteiger partial charge in [0.1, 0.15) is 12.4 Å². The Morgan fingerprint density at radius 3 is 2.95 bits per heavy atom. The number of aryl methyl sites for hydroxylation is 1. The standard InChI is InChI=1S/C15H23N3O2/c1-11-4-3-5-13(8-11)20-7-6-16-15(19)14-10-17-12(2)9-18-14/h3-5,8,12,14,17-18H,6-7,9-10H2,1-2H3,(H,16,19). The first kappa shape index (κ1) is 14.8. The molecule has 110 valence electrons. The summed E-state index contributed by atoms with van der Waals surface area (Å²) >= 11 is 0. The normalized spacial score (nSPS) is 22.3. The molecule has 0 aromatic heterocycles. The predicted octanol–water partition coefficient (Wildman–Crippen LogP) is 0.440. The number of amides is 1. The second-order valence-corrected chi connectivity index (χ2v) is 5.23. The van der Waals surface area contributed by atoms with Gasteiger partial charge in [-0.25, -0.2) is 0 Å². The maximum atomic E-state index is 11.9. The summed E-state index contributed by atoms with van der Waals surface area (Å²) in [6.07, 6.45) is 0. The van der Waals surface area contributed by atoms with Crippen LogP contribution in [0.15, 0.2) is 24.3 Å². The number of nitrogens with one attached hydrogen (secondary N) is 3. The molecule has 1 amide bonds. The van der Waals surface area contributed by atoms with E-state index < -0.39 is 0 Å². The Morgan fingerprint density at radius 2 is 2.25 bits per heavy atom. The van der Waals surface area contributed by atoms with Crippen LogP contribution in [0.2, 0.25) is 0 Å². The van der Waals surface area contributed by atoms with Crippen molar-refractivity contribution in [2.24, 2.45) is 0 Å². The van der Waals surface area contributed by atoms with Gasteiger partial charge in [0.05, 0.1) is 12.6 Å². The third-order valence-electron chi connectivity index (χ3n) is 3.32. The molecule has 2 atom stereocenters. The van der Waals surface area contributed by atoms with Gasteiger partial charge in [-0.2, -0.15) is 0 Å². The van der Waals surface area contributed by atoms with Gasteiger partial charge in [-0.05, 0) is 31.5 Å². The zero-order chi connectivity index (χ0) is 14.4. The zero-order valence-electron chi connectivity index (χ0n) is 12.1. The van der Waals surface area contributed by atoms with Crippen LogP contribution < -0.4 is 20.7 Å². The van der Waals surface area contributed by atoms with Crippen molar-refractivity contribution in [1.29, 1.82) is 0 Å². The smallest absolute Gasteiger partial charge is 0.238 e. The fourth-order valence-corrected chi connectivity index (χ4v) is 2.14. The van der Waals surface area contributed by atoms with Crippen molar-refractivity contribution in [2.45, 2.75) is 25.9 Å². The van der Waals surface area contributed by atoms with E-state index in [1.54, 1.807) is 0 Å². The Balaban J connectivity index is 1.64. The van der Waals surface area contributed by atoms with Crippen LogP contribution in [0.4, 0.5) is 0 Å². The number of hydrogen-bond donors (Lipinski definition) is 3. The summed E-state index contributed by atoms with van der Waals surface area (Å²) in [6.45, 7) is 6.60. The molecule has 5 nitrogen and oxygen atoms in total. The average molecular weight is 277 g/mol. The highest BCUT2D eigenvalue weighted by atomic mass is 16.5. The summed E-state index contributed by atoms with van der Waals surface area (Å²) in [7, 11) is 0. The molecule has 2 unspecified atom stereocenters. The van der Waals surface area contributed by atoms with Crippen LogP contribution in [-0.4, -0.2) is 44.2 Å². The fraction of sp³-hybridized carbons (Fsp3) is 0.533. The third-order valence-corrected chi connectivity index (χ3v) is 3.32. The van der Waals surface area contributed by atoms with Crippen LogP contribution in [0, 0.1) is 6.92 Å². The van der Waals surface area contributed by atoms with Gasteiger partial charge in [-0.1, -0.05) is 12.1 Å². The van der Waals surface area contributed by atoms with Crippen molar-refractivity contribution in [3.05, 3.63) is 29.8 Å². The number of ether oxygens (including phenoxy) is 1. The Labute approximate surface area is 120 Å². The molecule has 1 saturated heterocycles. The van der Waals surface area contributed by atoms with Gasteiger partial charge in [0.2, 0.25) is 5.91 Å². The molecule has 0 bridgehead atoms. The van der Waals surface area contributed by atoms with Crippen molar-refractivity contribution in [3.8, 4) is 5.75 Å². The lowest BCUT2D eigenvalue weighted by molar-refractivity contribution is -0.123. The van der Waals surface area contributed by atoms with E-state index in [1.165, 1.54) is 0 Å². The number of rotatable bonds is 5. The van der Waals surface area contributed by atoms with Gasteiger partial charge in [0.25, 0.3) is 0 Å². The molecule has 0 saturated carbocycles. The fourth-order valence-electron chi connectivity index (χ4n) is 2.14. The second-order valence-electron chi connectivity index (χ2n) is 5.23. The third kappa shape index (κ3) is 4.51. The summed E-state index contributed by atoms with van der Waals surface area (Å²) in [6, 6.07) is 8.16.